The van der Waals surface area contributed by atoms with Crippen LogP contribution in [0.4, 0.5) is 5.69 Å². The second kappa shape index (κ2) is 4.56. The van der Waals surface area contributed by atoms with Crippen LogP contribution in [-0.2, 0) is 11.2 Å². The van der Waals surface area contributed by atoms with Crippen molar-refractivity contribution in [1.82, 2.24) is 4.90 Å². The second-order valence-corrected chi connectivity index (χ2v) is 4.64. The zero-order valence-electron chi connectivity index (χ0n) is 9.65. The smallest absolute Gasteiger partial charge is 0.222 e. The molecule has 1 heterocycles. The maximum Gasteiger partial charge on any atom is 0.222 e. The minimum absolute atomic E-state index is 0.294. The summed E-state index contributed by atoms with van der Waals surface area (Å²) in [6, 6.07) is 7.87. The number of nitrogen functional groups attached to an aromatic ring is 1. The van der Waals surface area contributed by atoms with E-state index in [4.69, 9.17) is 5.73 Å². The van der Waals surface area contributed by atoms with E-state index in [0.717, 1.165) is 25.2 Å². The van der Waals surface area contributed by atoms with Crippen LogP contribution in [0, 0.1) is 5.92 Å². The van der Waals surface area contributed by atoms with Crippen LogP contribution in [0.25, 0.3) is 0 Å². The Kier molecular flexibility index (Phi) is 3.13. The van der Waals surface area contributed by atoms with Gasteiger partial charge in [-0.05, 0) is 30.0 Å². The van der Waals surface area contributed by atoms with Gasteiger partial charge in [-0.25, -0.2) is 0 Å². The molecule has 3 nitrogen and oxygen atoms in total. The lowest BCUT2D eigenvalue weighted by molar-refractivity contribution is -0.127. The third-order valence-corrected chi connectivity index (χ3v) is 3.06. The fourth-order valence-corrected chi connectivity index (χ4v) is 2.13. The highest BCUT2D eigenvalue weighted by molar-refractivity contribution is 5.78. The Balaban J connectivity index is 1.88. The molecule has 0 aliphatic carbocycles. The number of rotatable bonds is 3. The maximum absolute atomic E-state index is 11.6. The quantitative estimate of drug-likeness (QED) is 0.785. The summed E-state index contributed by atoms with van der Waals surface area (Å²) in [6.45, 7) is 3.86. The van der Waals surface area contributed by atoms with Gasteiger partial charge in [-0.2, -0.15) is 0 Å². The molecule has 0 bridgehead atoms. The number of carbonyl (C=O) groups is 1. The van der Waals surface area contributed by atoms with Gasteiger partial charge in [0.1, 0.15) is 0 Å². The van der Waals surface area contributed by atoms with Gasteiger partial charge < -0.3 is 10.6 Å². The van der Waals surface area contributed by atoms with Crippen LogP contribution >= 0.6 is 0 Å². The summed E-state index contributed by atoms with van der Waals surface area (Å²) in [7, 11) is 0. The molecule has 1 amide bonds. The normalized spacial score (nSPS) is 20.4. The number of carbonyl (C=O) groups excluding carboxylic acids is 1. The van der Waals surface area contributed by atoms with Crippen LogP contribution in [0.15, 0.2) is 24.3 Å². The predicted octanol–water partition coefficient (Wildman–Crippen LogP) is 1.68. The lowest BCUT2D eigenvalue weighted by Gasteiger charge is -2.15. The van der Waals surface area contributed by atoms with Crippen molar-refractivity contribution in [2.75, 3.05) is 18.8 Å². The van der Waals surface area contributed by atoms with Gasteiger partial charge in [0.05, 0.1) is 0 Å². The first-order chi connectivity index (χ1) is 7.65. The molecule has 0 radical (unpaired) electrons. The molecule has 2 rings (SSSR count). The number of nitrogens with two attached hydrogens (primary N) is 1. The number of benzene rings is 1. The highest BCUT2D eigenvalue weighted by Crippen LogP contribution is 2.17. The predicted molar refractivity (Wildman–Crippen MR) is 64.9 cm³/mol. The number of anilines is 1. The number of amides is 1. The Bertz CT molecular complexity index is 372. The standard InChI is InChI=1S/C13H18N2O/c1-10-8-13(16)15(9-10)7-6-11-2-4-12(14)5-3-11/h2-5,10H,6-9,14H2,1H3. The van der Waals surface area contributed by atoms with E-state index in [0.29, 0.717) is 18.2 Å². The molecule has 1 aliphatic rings. The molecule has 2 N–H and O–H groups in total. The third-order valence-electron chi connectivity index (χ3n) is 3.06. The highest BCUT2D eigenvalue weighted by atomic mass is 16.2. The monoisotopic (exact) mass is 218 g/mol. The van der Waals surface area contributed by atoms with E-state index < -0.39 is 0 Å². The molecule has 1 aromatic rings. The van der Waals surface area contributed by atoms with Gasteiger partial charge in [0.2, 0.25) is 5.91 Å². The molecule has 3 heteroatoms. The van der Waals surface area contributed by atoms with Crippen LogP contribution in [0.5, 0.6) is 0 Å². The largest absolute Gasteiger partial charge is 0.399 e. The van der Waals surface area contributed by atoms with Crippen molar-refractivity contribution < 1.29 is 4.79 Å². The summed E-state index contributed by atoms with van der Waals surface area (Å²) in [6.07, 6.45) is 1.63. The molecule has 1 saturated heterocycles. The molecule has 0 saturated carbocycles. The van der Waals surface area contributed by atoms with Gasteiger partial charge in [0, 0.05) is 25.2 Å². The Hall–Kier alpha value is -1.51. The van der Waals surface area contributed by atoms with Crippen LogP contribution < -0.4 is 5.73 Å². The molecule has 1 aromatic carbocycles. The molecule has 1 aliphatic heterocycles. The Morgan fingerprint density at radius 3 is 2.62 bits per heavy atom. The van der Waals surface area contributed by atoms with Crippen molar-refractivity contribution in [3.05, 3.63) is 29.8 Å². The van der Waals surface area contributed by atoms with Crippen LogP contribution in [0.2, 0.25) is 0 Å². The fourth-order valence-electron chi connectivity index (χ4n) is 2.13. The van der Waals surface area contributed by atoms with E-state index in [1.165, 1.54) is 5.56 Å². The van der Waals surface area contributed by atoms with E-state index in [-0.39, 0.29) is 0 Å². The average molecular weight is 218 g/mol. The van der Waals surface area contributed by atoms with E-state index in [2.05, 4.69) is 6.92 Å². The lowest BCUT2D eigenvalue weighted by Crippen LogP contribution is -2.27. The van der Waals surface area contributed by atoms with E-state index in [1.807, 2.05) is 29.2 Å². The summed E-state index contributed by atoms with van der Waals surface area (Å²) < 4.78 is 0. The minimum Gasteiger partial charge on any atom is -0.399 e. The van der Waals surface area contributed by atoms with Gasteiger partial charge >= 0.3 is 0 Å². The first kappa shape index (κ1) is 11.0. The van der Waals surface area contributed by atoms with Gasteiger partial charge in [-0.1, -0.05) is 19.1 Å². The number of hydrogen-bond donors (Lipinski definition) is 1. The minimum atomic E-state index is 0.294. The van der Waals surface area contributed by atoms with Crippen LogP contribution in [0.1, 0.15) is 18.9 Å². The van der Waals surface area contributed by atoms with Crippen molar-refractivity contribution in [3.63, 3.8) is 0 Å². The summed E-state index contributed by atoms with van der Waals surface area (Å²) in [5.41, 5.74) is 7.64. The van der Waals surface area contributed by atoms with Crippen molar-refractivity contribution >= 4 is 11.6 Å². The summed E-state index contributed by atoms with van der Waals surface area (Å²) >= 11 is 0. The molecule has 0 spiro atoms. The average Bonchev–Trinajstić information content (AvgIpc) is 2.57. The fraction of sp³-hybridized carbons (Fsp3) is 0.462. The van der Waals surface area contributed by atoms with Crippen molar-refractivity contribution in [2.24, 2.45) is 5.92 Å². The summed E-state index contributed by atoms with van der Waals surface area (Å²) in [4.78, 5) is 13.5. The zero-order valence-corrected chi connectivity index (χ0v) is 9.65. The number of hydrogen-bond acceptors (Lipinski definition) is 2. The Morgan fingerprint density at radius 2 is 2.06 bits per heavy atom. The van der Waals surface area contributed by atoms with Crippen LogP contribution in [-0.4, -0.2) is 23.9 Å². The molecule has 1 fully saturated rings. The first-order valence-electron chi connectivity index (χ1n) is 5.77. The van der Waals surface area contributed by atoms with Crippen molar-refractivity contribution in [1.29, 1.82) is 0 Å². The molecular formula is C13H18N2O. The van der Waals surface area contributed by atoms with Gasteiger partial charge in [0.15, 0.2) is 0 Å². The Labute approximate surface area is 96.2 Å². The van der Waals surface area contributed by atoms with E-state index >= 15 is 0 Å². The number of likely N-dealkylation sites (tertiary alicyclic amines) is 1. The summed E-state index contributed by atoms with van der Waals surface area (Å²) in [5.74, 6) is 0.807. The molecular weight excluding hydrogens is 200 g/mol. The van der Waals surface area contributed by atoms with Crippen molar-refractivity contribution in [2.45, 2.75) is 19.8 Å². The van der Waals surface area contributed by atoms with Crippen molar-refractivity contribution in [3.8, 4) is 0 Å². The second-order valence-electron chi connectivity index (χ2n) is 4.64. The summed E-state index contributed by atoms with van der Waals surface area (Å²) in [5, 5.41) is 0. The number of nitrogens with zero attached hydrogens (tertiary/aromatic N) is 1. The van der Waals surface area contributed by atoms with E-state index in [1.54, 1.807) is 0 Å². The maximum atomic E-state index is 11.6. The lowest BCUT2D eigenvalue weighted by atomic mass is 10.1. The van der Waals surface area contributed by atoms with Gasteiger partial charge in [-0.15, -0.1) is 0 Å². The third kappa shape index (κ3) is 2.54. The molecule has 86 valence electrons. The van der Waals surface area contributed by atoms with E-state index in [9.17, 15) is 4.79 Å². The molecule has 0 aromatic heterocycles. The first-order valence-corrected chi connectivity index (χ1v) is 5.77. The SMILES string of the molecule is CC1CC(=O)N(CCc2ccc(N)cc2)C1. The van der Waals surface area contributed by atoms with Gasteiger partial charge in [-0.3, -0.25) is 4.79 Å². The highest BCUT2D eigenvalue weighted by Gasteiger charge is 2.25. The molecule has 1 unspecified atom stereocenters. The van der Waals surface area contributed by atoms with Gasteiger partial charge in [0.25, 0.3) is 0 Å². The molecule has 16 heavy (non-hydrogen) atoms. The van der Waals surface area contributed by atoms with Crippen LogP contribution in [0.3, 0.4) is 0 Å². The molecule has 1 atom stereocenters. The topological polar surface area (TPSA) is 46.3 Å². The Morgan fingerprint density at radius 1 is 1.38 bits per heavy atom. The zero-order chi connectivity index (χ0) is 11.5.